The van der Waals surface area contributed by atoms with Gasteiger partial charge < -0.3 is 19.6 Å². The van der Waals surface area contributed by atoms with E-state index >= 15 is 0 Å². The first-order valence-electron chi connectivity index (χ1n) is 6.06. The third-order valence-corrected chi connectivity index (χ3v) is 3.29. The maximum atomic E-state index is 12.2. The molecule has 2 amide bonds. The van der Waals surface area contributed by atoms with Gasteiger partial charge in [0.1, 0.15) is 0 Å². The zero-order chi connectivity index (χ0) is 12.3. The molecular weight excluding hydrogens is 224 g/mol. The van der Waals surface area contributed by atoms with E-state index in [2.05, 4.69) is 0 Å². The van der Waals surface area contributed by atoms with Gasteiger partial charge in [-0.25, -0.2) is 9.59 Å². The van der Waals surface area contributed by atoms with Crippen LogP contribution in [0.25, 0.3) is 0 Å². The molecule has 0 aromatic rings. The number of amides is 2. The second-order valence-corrected chi connectivity index (χ2v) is 4.45. The van der Waals surface area contributed by atoms with Crippen LogP contribution in [0.3, 0.4) is 0 Å². The van der Waals surface area contributed by atoms with Crippen molar-refractivity contribution in [1.82, 2.24) is 9.80 Å². The number of carboxylic acid groups (broad SMARTS) is 1. The number of morpholine rings is 1. The summed E-state index contributed by atoms with van der Waals surface area (Å²) in [6.07, 6.45) is 3.16. The summed E-state index contributed by atoms with van der Waals surface area (Å²) in [5.41, 5.74) is 0. The first-order valence-corrected chi connectivity index (χ1v) is 6.06. The number of ether oxygens (including phenoxy) is 1. The summed E-state index contributed by atoms with van der Waals surface area (Å²) in [6, 6.07) is -0.987. The van der Waals surface area contributed by atoms with Crippen molar-refractivity contribution in [3.05, 3.63) is 0 Å². The summed E-state index contributed by atoms with van der Waals surface area (Å²) in [5, 5.41) is 9.06. The molecule has 0 bridgehead atoms. The number of piperidine rings is 1. The van der Waals surface area contributed by atoms with Crippen molar-refractivity contribution < 1.29 is 19.4 Å². The van der Waals surface area contributed by atoms with E-state index in [0.717, 1.165) is 32.4 Å². The maximum Gasteiger partial charge on any atom is 0.328 e. The molecule has 2 heterocycles. The fourth-order valence-electron chi connectivity index (χ4n) is 2.30. The summed E-state index contributed by atoms with van der Waals surface area (Å²) in [7, 11) is 0. The molecule has 0 spiro atoms. The Labute approximate surface area is 100 Å². The predicted octanol–water partition coefficient (Wildman–Crippen LogP) is 0.378. The molecule has 1 atom stereocenters. The minimum absolute atomic E-state index is 0.0922. The van der Waals surface area contributed by atoms with Crippen LogP contribution < -0.4 is 0 Å². The highest BCUT2D eigenvalue weighted by atomic mass is 16.5. The van der Waals surface area contributed by atoms with Gasteiger partial charge in [-0.3, -0.25) is 0 Å². The smallest absolute Gasteiger partial charge is 0.328 e. The molecule has 6 nitrogen and oxygen atoms in total. The molecule has 96 valence electrons. The van der Waals surface area contributed by atoms with Gasteiger partial charge in [0.05, 0.1) is 13.2 Å². The van der Waals surface area contributed by atoms with E-state index in [1.807, 2.05) is 0 Å². The van der Waals surface area contributed by atoms with E-state index in [1.54, 1.807) is 4.90 Å². The Morgan fingerprint density at radius 2 is 1.82 bits per heavy atom. The molecule has 2 saturated heterocycles. The first-order chi connectivity index (χ1) is 8.20. The lowest BCUT2D eigenvalue weighted by Gasteiger charge is -2.38. The van der Waals surface area contributed by atoms with Gasteiger partial charge in [0.25, 0.3) is 0 Å². The summed E-state index contributed by atoms with van der Waals surface area (Å²) < 4.78 is 5.12. The van der Waals surface area contributed by atoms with Gasteiger partial charge in [-0.05, 0) is 19.3 Å². The molecular formula is C11H18N2O4. The van der Waals surface area contributed by atoms with Crippen LogP contribution in [-0.2, 0) is 9.53 Å². The number of aliphatic carboxylic acids is 1. The van der Waals surface area contributed by atoms with Crippen molar-refractivity contribution >= 4 is 12.0 Å². The quantitative estimate of drug-likeness (QED) is 0.721. The molecule has 17 heavy (non-hydrogen) atoms. The SMILES string of the molecule is O=C(O)C1COCCN1C(=O)N1CCCCC1. The third kappa shape index (κ3) is 2.69. The minimum Gasteiger partial charge on any atom is -0.480 e. The van der Waals surface area contributed by atoms with Crippen molar-refractivity contribution in [3.8, 4) is 0 Å². The molecule has 0 aromatic heterocycles. The van der Waals surface area contributed by atoms with Crippen molar-refractivity contribution in [3.63, 3.8) is 0 Å². The highest BCUT2D eigenvalue weighted by Crippen LogP contribution is 2.15. The van der Waals surface area contributed by atoms with Crippen LogP contribution in [0.15, 0.2) is 0 Å². The Morgan fingerprint density at radius 1 is 1.12 bits per heavy atom. The maximum absolute atomic E-state index is 12.2. The van der Waals surface area contributed by atoms with Gasteiger partial charge in [0.2, 0.25) is 0 Å². The minimum atomic E-state index is -0.991. The molecule has 2 aliphatic rings. The van der Waals surface area contributed by atoms with Gasteiger partial charge in [-0.1, -0.05) is 0 Å². The average molecular weight is 242 g/mol. The Hall–Kier alpha value is -1.30. The van der Waals surface area contributed by atoms with Crippen LogP contribution in [0, 0.1) is 0 Å². The lowest BCUT2D eigenvalue weighted by Crippen LogP contribution is -2.57. The number of likely N-dealkylation sites (tertiary alicyclic amines) is 1. The van der Waals surface area contributed by atoms with Crippen molar-refractivity contribution in [2.24, 2.45) is 0 Å². The summed E-state index contributed by atoms with van der Waals surface area (Å²) in [6.45, 7) is 2.36. The highest BCUT2D eigenvalue weighted by molar-refractivity contribution is 5.83. The fraction of sp³-hybridized carbons (Fsp3) is 0.818. The van der Waals surface area contributed by atoms with Crippen molar-refractivity contribution in [2.45, 2.75) is 25.3 Å². The molecule has 2 fully saturated rings. The zero-order valence-electron chi connectivity index (χ0n) is 9.80. The molecule has 2 aliphatic heterocycles. The van der Waals surface area contributed by atoms with Gasteiger partial charge in [0, 0.05) is 19.6 Å². The molecule has 1 N–H and O–H groups in total. The Morgan fingerprint density at radius 3 is 2.47 bits per heavy atom. The van der Waals surface area contributed by atoms with E-state index < -0.39 is 12.0 Å². The number of nitrogens with zero attached hydrogens (tertiary/aromatic N) is 2. The zero-order valence-corrected chi connectivity index (χ0v) is 9.80. The summed E-state index contributed by atoms with van der Waals surface area (Å²) in [4.78, 5) is 26.4. The largest absolute Gasteiger partial charge is 0.480 e. The highest BCUT2D eigenvalue weighted by Gasteiger charge is 2.35. The summed E-state index contributed by atoms with van der Waals surface area (Å²) >= 11 is 0. The van der Waals surface area contributed by atoms with Gasteiger partial charge in [-0.15, -0.1) is 0 Å². The van der Waals surface area contributed by atoms with Crippen LogP contribution in [0.5, 0.6) is 0 Å². The molecule has 2 rings (SSSR count). The Balaban J connectivity index is 2.02. The molecule has 0 saturated carbocycles. The van der Waals surface area contributed by atoms with E-state index in [1.165, 1.54) is 4.90 Å². The monoisotopic (exact) mass is 242 g/mol. The van der Waals surface area contributed by atoms with Gasteiger partial charge >= 0.3 is 12.0 Å². The Bertz CT molecular complexity index is 302. The molecule has 1 unspecified atom stereocenters. The number of carbonyl (C=O) groups is 2. The molecule has 0 aliphatic carbocycles. The van der Waals surface area contributed by atoms with Gasteiger partial charge in [-0.2, -0.15) is 0 Å². The first kappa shape index (κ1) is 12.2. The number of rotatable bonds is 1. The average Bonchev–Trinajstić information content (AvgIpc) is 2.39. The second kappa shape index (κ2) is 5.35. The van der Waals surface area contributed by atoms with Gasteiger partial charge in [0.15, 0.2) is 6.04 Å². The number of urea groups is 1. The van der Waals surface area contributed by atoms with Crippen LogP contribution >= 0.6 is 0 Å². The standard InChI is InChI=1S/C11H18N2O4/c14-10(15)9-8-17-7-6-13(9)11(16)12-4-2-1-3-5-12/h9H,1-8H2,(H,14,15). The lowest BCUT2D eigenvalue weighted by atomic mass is 10.1. The number of hydrogen-bond acceptors (Lipinski definition) is 3. The topological polar surface area (TPSA) is 70.1 Å². The lowest BCUT2D eigenvalue weighted by molar-refractivity contribution is -0.147. The Kier molecular flexibility index (Phi) is 3.83. The predicted molar refractivity (Wildman–Crippen MR) is 59.8 cm³/mol. The molecule has 0 aromatic carbocycles. The van der Waals surface area contributed by atoms with Crippen LogP contribution in [0.1, 0.15) is 19.3 Å². The van der Waals surface area contributed by atoms with E-state index in [0.29, 0.717) is 13.2 Å². The fourth-order valence-corrected chi connectivity index (χ4v) is 2.30. The van der Waals surface area contributed by atoms with E-state index in [4.69, 9.17) is 9.84 Å². The van der Waals surface area contributed by atoms with Crippen LogP contribution in [-0.4, -0.2) is 65.8 Å². The van der Waals surface area contributed by atoms with Crippen molar-refractivity contribution in [2.75, 3.05) is 32.8 Å². The normalized spacial score (nSPS) is 25.8. The van der Waals surface area contributed by atoms with Crippen molar-refractivity contribution in [1.29, 1.82) is 0 Å². The van der Waals surface area contributed by atoms with E-state index in [-0.39, 0.29) is 12.6 Å². The number of carbonyl (C=O) groups excluding carboxylic acids is 1. The molecule has 6 heteroatoms. The number of hydrogen-bond donors (Lipinski definition) is 1. The number of carboxylic acids is 1. The van der Waals surface area contributed by atoms with E-state index in [9.17, 15) is 9.59 Å². The van der Waals surface area contributed by atoms with Crippen LogP contribution in [0.4, 0.5) is 4.79 Å². The third-order valence-electron chi connectivity index (χ3n) is 3.29. The second-order valence-electron chi connectivity index (χ2n) is 4.45. The van der Waals surface area contributed by atoms with Crippen LogP contribution in [0.2, 0.25) is 0 Å². The summed E-state index contributed by atoms with van der Waals surface area (Å²) in [5.74, 6) is -0.991. The molecule has 0 radical (unpaired) electrons.